The van der Waals surface area contributed by atoms with E-state index in [0.717, 1.165) is 17.9 Å². The quantitative estimate of drug-likeness (QED) is 0.723. The van der Waals surface area contributed by atoms with E-state index in [0.29, 0.717) is 5.41 Å². The molecule has 100 valence electrons. The normalized spacial score (nSPS) is 30.2. The van der Waals surface area contributed by atoms with Crippen molar-refractivity contribution < 1.29 is 0 Å². The molecule has 0 aromatic heterocycles. The lowest BCUT2D eigenvalue weighted by Gasteiger charge is -2.28. The summed E-state index contributed by atoms with van der Waals surface area (Å²) < 4.78 is 0. The molecule has 0 saturated heterocycles. The third-order valence-corrected chi connectivity index (χ3v) is 5.04. The molecular formula is C16H31N. The molecule has 0 radical (unpaired) electrons. The Labute approximate surface area is 108 Å². The summed E-state index contributed by atoms with van der Waals surface area (Å²) >= 11 is 0. The van der Waals surface area contributed by atoms with Crippen molar-refractivity contribution in [2.45, 2.75) is 78.2 Å². The lowest BCUT2D eigenvalue weighted by molar-refractivity contribution is 0.271. The van der Waals surface area contributed by atoms with E-state index in [1.165, 1.54) is 57.9 Å². The molecule has 2 aliphatic rings. The van der Waals surface area contributed by atoms with Gasteiger partial charge >= 0.3 is 0 Å². The van der Waals surface area contributed by atoms with Gasteiger partial charge in [0.1, 0.15) is 0 Å². The first-order valence-electron chi connectivity index (χ1n) is 7.87. The van der Waals surface area contributed by atoms with Crippen molar-refractivity contribution in [2.75, 3.05) is 6.54 Å². The molecule has 2 aliphatic carbocycles. The third kappa shape index (κ3) is 3.71. The Kier molecular flexibility index (Phi) is 4.52. The molecule has 2 saturated carbocycles. The molecule has 0 aromatic carbocycles. The van der Waals surface area contributed by atoms with E-state index < -0.39 is 0 Å². The van der Waals surface area contributed by atoms with Gasteiger partial charge in [-0.25, -0.2) is 0 Å². The van der Waals surface area contributed by atoms with Gasteiger partial charge in [-0.1, -0.05) is 52.9 Å². The molecule has 0 aliphatic heterocycles. The fraction of sp³-hybridized carbons (Fsp3) is 1.00. The van der Waals surface area contributed by atoms with Crippen molar-refractivity contribution in [1.82, 2.24) is 5.32 Å². The Morgan fingerprint density at radius 1 is 1.18 bits per heavy atom. The van der Waals surface area contributed by atoms with Gasteiger partial charge in [-0.15, -0.1) is 0 Å². The molecule has 1 nitrogen and oxygen atoms in total. The Morgan fingerprint density at radius 3 is 2.35 bits per heavy atom. The minimum absolute atomic E-state index is 0.625. The van der Waals surface area contributed by atoms with E-state index >= 15 is 0 Å². The molecular weight excluding hydrogens is 206 g/mol. The standard InChI is InChI=1S/C16H31N/c1-4-10-17-15(14-12-16(14,2)3)11-13-8-6-5-7-9-13/h13-15,17H,4-12H2,1-3H3. The molecule has 2 fully saturated rings. The first kappa shape index (κ1) is 13.4. The van der Waals surface area contributed by atoms with Gasteiger partial charge in [-0.2, -0.15) is 0 Å². The van der Waals surface area contributed by atoms with Crippen LogP contribution in [-0.4, -0.2) is 12.6 Å². The van der Waals surface area contributed by atoms with Gasteiger partial charge in [-0.05, 0) is 43.1 Å². The number of hydrogen-bond donors (Lipinski definition) is 1. The van der Waals surface area contributed by atoms with Crippen molar-refractivity contribution in [3.8, 4) is 0 Å². The molecule has 0 amide bonds. The summed E-state index contributed by atoms with van der Waals surface area (Å²) in [4.78, 5) is 0. The van der Waals surface area contributed by atoms with Crippen LogP contribution in [0.1, 0.15) is 72.1 Å². The van der Waals surface area contributed by atoms with Crippen molar-refractivity contribution in [3.63, 3.8) is 0 Å². The van der Waals surface area contributed by atoms with Gasteiger partial charge < -0.3 is 5.32 Å². The third-order valence-electron chi connectivity index (χ3n) is 5.04. The van der Waals surface area contributed by atoms with Gasteiger partial charge in [0.15, 0.2) is 0 Å². The van der Waals surface area contributed by atoms with E-state index in [1.54, 1.807) is 0 Å². The summed E-state index contributed by atoms with van der Waals surface area (Å²) in [5.74, 6) is 1.98. The van der Waals surface area contributed by atoms with E-state index in [1.807, 2.05) is 0 Å². The van der Waals surface area contributed by atoms with E-state index in [9.17, 15) is 0 Å². The zero-order chi connectivity index (χ0) is 12.3. The molecule has 1 N–H and O–H groups in total. The second kappa shape index (κ2) is 5.73. The van der Waals surface area contributed by atoms with Crippen LogP contribution in [0.3, 0.4) is 0 Å². The maximum atomic E-state index is 3.83. The second-order valence-electron chi connectivity index (χ2n) is 7.10. The van der Waals surface area contributed by atoms with Crippen LogP contribution in [0, 0.1) is 17.3 Å². The molecule has 0 spiro atoms. The Bertz CT molecular complexity index is 228. The maximum Gasteiger partial charge on any atom is 0.0103 e. The smallest absolute Gasteiger partial charge is 0.0103 e. The first-order valence-corrected chi connectivity index (χ1v) is 7.87. The Morgan fingerprint density at radius 2 is 1.82 bits per heavy atom. The molecule has 0 aromatic rings. The van der Waals surface area contributed by atoms with E-state index in [4.69, 9.17) is 0 Å². The van der Waals surface area contributed by atoms with Gasteiger partial charge in [0.05, 0.1) is 0 Å². The van der Waals surface area contributed by atoms with E-state index in [2.05, 4.69) is 26.1 Å². The Balaban J connectivity index is 1.82. The minimum Gasteiger partial charge on any atom is -0.314 e. The highest BCUT2D eigenvalue weighted by Gasteiger charge is 2.49. The number of hydrogen-bond acceptors (Lipinski definition) is 1. The van der Waals surface area contributed by atoms with Crippen molar-refractivity contribution >= 4 is 0 Å². The van der Waals surface area contributed by atoms with Crippen LogP contribution >= 0.6 is 0 Å². The van der Waals surface area contributed by atoms with Gasteiger partial charge in [-0.3, -0.25) is 0 Å². The number of rotatable bonds is 6. The predicted octanol–water partition coefficient (Wildman–Crippen LogP) is 4.37. The molecule has 0 heterocycles. The zero-order valence-electron chi connectivity index (χ0n) is 12.1. The predicted molar refractivity (Wildman–Crippen MR) is 75.2 cm³/mol. The highest BCUT2D eigenvalue weighted by molar-refractivity contribution is 5.02. The summed E-state index contributed by atoms with van der Waals surface area (Å²) in [6.07, 6.45) is 11.6. The van der Waals surface area contributed by atoms with Crippen LogP contribution in [-0.2, 0) is 0 Å². The topological polar surface area (TPSA) is 12.0 Å². The maximum absolute atomic E-state index is 3.83. The van der Waals surface area contributed by atoms with Crippen molar-refractivity contribution in [2.24, 2.45) is 17.3 Å². The molecule has 2 rings (SSSR count). The van der Waals surface area contributed by atoms with Crippen LogP contribution in [0.2, 0.25) is 0 Å². The Hall–Kier alpha value is -0.0400. The van der Waals surface area contributed by atoms with Crippen LogP contribution < -0.4 is 5.32 Å². The van der Waals surface area contributed by atoms with Crippen LogP contribution in [0.5, 0.6) is 0 Å². The first-order chi connectivity index (χ1) is 8.13. The van der Waals surface area contributed by atoms with Crippen molar-refractivity contribution in [1.29, 1.82) is 0 Å². The highest BCUT2D eigenvalue weighted by Crippen LogP contribution is 2.54. The lowest BCUT2D eigenvalue weighted by Crippen LogP contribution is -2.35. The summed E-state index contributed by atoms with van der Waals surface area (Å²) in [5.41, 5.74) is 0.625. The van der Waals surface area contributed by atoms with Crippen LogP contribution in [0.4, 0.5) is 0 Å². The van der Waals surface area contributed by atoms with Gasteiger partial charge in [0, 0.05) is 6.04 Å². The minimum atomic E-state index is 0.625. The van der Waals surface area contributed by atoms with Crippen LogP contribution in [0.15, 0.2) is 0 Å². The second-order valence-corrected chi connectivity index (χ2v) is 7.10. The summed E-state index contributed by atoms with van der Waals surface area (Å²) in [5, 5.41) is 3.83. The van der Waals surface area contributed by atoms with E-state index in [-0.39, 0.29) is 0 Å². The lowest BCUT2D eigenvalue weighted by atomic mass is 9.83. The molecule has 1 heteroatoms. The largest absolute Gasteiger partial charge is 0.314 e. The average Bonchev–Trinajstić information content (AvgIpc) is 2.95. The van der Waals surface area contributed by atoms with Gasteiger partial charge in [0.2, 0.25) is 0 Å². The summed E-state index contributed by atoms with van der Waals surface area (Å²) in [6, 6.07) is 0.813. The number of nitrogens with one attached hydrogen (secondary N) is 1. The van der Waals surface area contributed by atoms with Crippen LogP contribution in [0.25, 0.3) is 0 Å². The monoisotopic (exact) mass is 237 g/mol. The SMILES string of the molecule is CCCNC(CC1CCCCC1)C1CC1(C)C. The summed E-state index contributed by atoms with van der Waals surface area (Å²) in [6.45, 7) is 8.38. The van der Waals surface area contributed by atoms with Gasteiger partial charge in [0.25, 0.3) is 0 Å². The zero-order valence-corrected chi connectivity index (χ0v) is 12.1. The molecule has 17 heavy (non-hydrogen) atoms. The average molecular weight is 237 g/mol. The fourth-order valence-corrected chi connectivity index (χ4v) is 3.70. The molecule has 2 unspecified atom stereocenters. The highest BCUT2D eigenvalue weighted by atomic mass is 14.9. The van der Waals surface area contributed by atoms with Crippen molar-refractivity contribution in [3.05, 3.63) is 0 Å². The summed E-state index contributed by atoms with van der Waals surface area (Å²) in [7, 11) is 0. The molecule has 0 bridgehead atoms. The fourth-order valence-electron chi connectivity index (χ4n) is 3.70. The molecule has 2 atom stereocenters.